The Kier molecular flexibility index (Phi) is 14.9. The van der Waals surface area contributed by atoms with E-state index in [0.29, 0.717) is 17.3 Å². The minimum absolute atomic E-state index is 0.0617. The lowest BCUT2D eigenvalue weighted by molar-refractivity contribution is -0.142. The van der Waals surface area contributed by atoms with Gasteiger partial charge in [-0.1, -0.05) is 46.5 Å². The number of hydrogen-bond donors (Lipinski definition) is 3. The fourth-order valence-corrected chi connectivity index (χ4v) is 3.23. The van der Waals surface area contributed by atoms with E-state index in [4.69, 9.17) is 27.1 Å². The number of carbonyl (C=O) groups is 1. The number of ether oxygens (including phenoxy) is 1. The van der Waals surface area contributed by atoms with Crippen LogP contribution in [0.25, 0.3) is 0 Å². The first kappa shape index (κ1) is 31.4. The molecule has 2 atom stereocenters. The van der Waals surface area contributed by atoms with Crippen molar-refractivity contribution in [2.45, 2.75) is 91.8 Å². The second kappa shape index (κ2) is 16.1. The summed E-state index contributed by atoms with van der Waals surface area (Å²) in [7, 11) is 0. The number of aryl methyl sites for hydroxylation is 1. The van der Waals surface area contributed by atoms with Crippen molar-refractivity contribution in [2.24, 2.45) is 16.8 Å². The van der Waals surface area contributed by atoms with E-state index in [9.17, 15) is 9.18 Å². The monoisotopic (exact) mass is 480 g/mol. The number of halogens is 1. The number of rotatable bonds is 8. The maximum absolute atomic E-state index is 12.7. The van der Waals surface area contributed by atoms with Gasteiger partial charge in [0, 0.05) is 6.21 Å². The Morgan fingerprint density at radius 3 is 2.29 bits per heavy atom. The zero-order valence-corrected chi connectivity index (χ0v) is 21.3. The minimum Gasteiger partial charge on any atom is -0.481 e. The summed E-state index contributed by atoms with van der Waals surface area (Å²) in [6.45, 7) is 11.6. The largest absolute Gasteiger partial charge is 0.481 e. The summed E-state index contributed by atoms with van der Waals surface area (Å²) in [6.07, 6.45) is 11.6. The molecule has 2 unspecified atom stereocenters. The van der Waals surface area contributed by atoms with Gasteiger partial charge in [-0.25, -0.2) is 4.98 Å². The van der Waals surface area contributed by atoms with Crippen molar-refractivity contribution in [3.8, 4) is 12.3 Å². The molecule has 1 aromatic heterocycles. The van der Waals surface area contributed by atoms with Gasteiger partial charge in [-0.2, -0.15) is 9.37 Å². The van der Waals surface area contributed by atoms with Crippen molar-refractivity contribution in [3.05, 3.63) is 11.8 Å². The number of carboxylic acid groups (broad SMARTS) is 1. The molecule has 0 aromatic carbocycles. The summed E-state index contributed by atoms with van der Waals surface area (Å²) < 4.78 is 18.0. The molecule has 1 saturated heterocycles. The van der Waals surface area contributed by atoms with Gasteiger partial charge in [-0.15, -0.1) is 6.42 Å². The first-order chi connectivity index (χ1) is 15.9. The van der Waals surface area contributed by atoms with Crippen LogP contribution in [0.4, 0.5) is 15.9 Å². The second-order valence-electron chi connectivity index (χ2n) is 8.71. The predicted octanol–water partition coefficient (Wildman–Crippen LogP) is 4.70. The highest BCUT2D eigenvalue weighted by molar-refractivity contribution is 5.71. The van der Waals surface area contributed by atoms with Crippen LogP contribution in [0.5, 0.6) is 0 Å². The Morgan fingerprint density at radius 1 is 1.38 bits per heavy atom. The van der Waals surface area contributed by atoms with Gasteiger partial charge in [-0.3, -0.25) is 9.79 Å². The van der Waals surface area contributed by atoms with Gasteiger partial charge >= 0.3 is 12.0 Å². The number of carboxylic acids is 1. The average Bonchev–Trinajstić information content (AvgIpc) is 3.15. The molecule has 0 radical (unpaired) electrons. The van der Waals surface area contributed by atoms with Gasteiger partial charge in [0.05, 0.1) is 24.3 Å². The molecule has 0 spiro atoms. The van der Waals surface area contributed by atoms with Gasteiger partial charge < -0.3 is 20.7 Å². The van der Waals surface area contributed by atoms with Crippen molar-refractivity contribution in [2.75, 3.05) is 12.3 Å². The van der Waals surface area contributed by atoms with Gasteiger partial charge in [0.15, 0.2) is 11.4 Å². The second-order valence-corrected chi connectivity index (χ2v) is 8.71. The molecular weight excluding hydrogens is 439 g/mol. The van der Waals surface area contributed by atoms with Gasteiger partial charge in [0.2, 0.25) is 0 Å². The predicted molar refractivity (Wildman–Crippen MR) is 134 cm³/mol. The van der Waals surface area contributed by atoms with Crippen LogP contribution in [0, 0.1) is 37.2 Å². The van der Waals surface area contributed by atoms with E-state index in [0.717, 1.165) is 38.5 Å². The summed E-state index contributed by atoms with van der Waals surface area (Å²) in [5.74, 6) is 2.13. The Morgan fingerprint density at radius 2 is 1.97 bits per heavy atom. The standard InChI is InChI=1S/C9H13FN4.C8H12O2.C8H16O2/c1-5(2)4-12-7-6(3)13-9(10)14-8(7)11;1-3-8(6-9)5-4-7(2)10-8;1-3-5-7(6-4-2)8(9)10/h4-5H,1-3H3,(H2,11,13,14);1,7,9H,4-6H2,2H3;7H,3-6H2,1-2H3,(H,9,10). The Labute approximate surface area is 203 Å². The first-order valence-electron chi connectivity index (χ1n) is 11.8. The molecule has 1 aliphatic heterocycles. The van der Waals surface area contributed by atoms with Crippen LogP contribution < -0.4 is 5.73 Å². The summed E-state index contributed by atoms with van der Waals surface area (Å²) in [5, 5.41) is 17.5. The van der Waals surface area contributed by atoms with E-state index >= 15 is 0 Å². The molecule has 0 aliphatic carbocycles. The lowest BCUT2D eigenvalue weighted by Crippen LogP contribution is -2.31. The van der Waals surface area contributed by atoms with Crippen LogP contribution in [0.2, 0.25) is 0 Å². The molecule has 1 fully saturated rings. The number of aromatic nitrogens is 2. The van der Waals surface area contributed by atoms with E-state index in [1.165, 1.54) is 0 Å². The first-order valence-corrected chi connectivity index (χ1v) is 11.8. The van der Waals surface area contributed by atoms with Crippen LogP contribution in [0.3, 0.4) is 0 Å². The van der Waals surface area contributed by atoms with E-state index in [1.807, 2.05) is 34.6 Å². The van der Waals surface area contributed by atoms with Crippen molar-refractivity contribution in [1.29, 1.82) is 0 Å². The van der Waals surface area contributed by atoms with Crippen LogP contribution in [-0.4, -0.2) is 50.7 Å². The van der Waals surface area contributed by atoms with Gasteiger partial charge in [0.25, 0.3) is 0 Å². The third-order valence-corrected chi connectivity index (χ3v) is 5.08. The summed E-state index contributed by atoms with van der Waals surface area (Å²) in [5.41, 5.74) is 5.73. The summed E-state index contributed by atoms with van der Waals surface area (Å²) in [6, 6.07) is 0. The van der Waals surface area contributed by atoms with Crippen molar-refractivity contribution in [1.82, 2.24) is 9.97 Å². The van der Waals surface area contributed by atoms with Crippen molar-refractivity contribution < 1.29 is 24.1 Å². The molecule has 9 heteroatoms. The molecule has 34 heavy (non-hydrogen) atoms. The number of terminal acetylenes is 1. The maximum atomic E-state index is 12.7. The molecule has 0 amide bonds. The smallest absolute Gasteiger partial charge is 0.310 e. The number of hydrogen-bond acceptors (Lipinski definition) is 7. The molecule has 0 bridgehead atoms. The third-order valence-electron chi connectivity index (χ3n) is 5.08. The normalized spacial score (nSPS) is 19.4. The zero-order valence-electron chi connectivity index (χ0n) is 21.3. The lowest BCUT2D eigenvalue weighted by Gasteiger charge is -2.19. The van der Waals surface area contributed by atoms with Crippen LogP contribution in [0.15, 0.2) is 4.99 Å². The highest BCUT2D eigenvalue weighted by Crippen LogP contribution is 2.28. The number of nitrogens with two attached hydrogens (primary N) is 1. The van der Waals surface area contributed by atoms with Crippen molar-refractivity contribution in [3.63, 3.8) is 0 Å². The fraction of sp³-hybridized carbons (Fsp3) is 0.680. The molecule has 8 nitrogen and oxygen atoms in total. The Balaban J connectivity index is 0.000000492. The SMILES string of the molecule is C#CC1(CO)CCC(C)O1.CCCC(CCC)C(=O)O.Cc1nc(F)nc(N)c1N=CC(C)C. The third kappa shape index (κ3) is 11.5. The average molecular weight is 481 g/mol. The van der Waals surface area contributed by atoms with E-state index in [2.05, 4.69) is 20.9 Å². The Hall–Kier alpha value is -2.57. The van der Waals surface area contributed by atoms with Crippen LogP contribution in [-0.2, 0) is 9.53 Å². The number of aliphatic hydroxyl groups excluding tert-OH is 1. The highest BCUT2D eigenvalue weighted by atomic mass is 19.1. The molecule has 192 valence electrons. The van der Waals surface area contributed by atoms with E-state index < -0.39 is 17.6 Å². The van der Waals surface area contributed by atoms with E-state index in [-0.39, 0.29) is 24.4 Å². The number of aliphatic imine (C=N–C) groups is 1. The molecule has 4 N–H and O–H groups in total. The molecule has 1 aromatic rings. The minimum atomic E-state index is -0.816. The maximum Gasteiger partial charge on any atom is 0.310 e. The lowest BCUT2D eigenvalue weighted by atomic mass is 9.99. The molecular formula is C25H41FN4O4. The van der Waals surface area contributed by atoms with Crippen LogP contribution >= 0.6 is 0 Å². The topological polar surface area (TPSA) is 131 Å². The Bertz CT molecular complexity index is 797. The van der Waals surface area contributed by atoms with Gasteiger partial charge in [-0.05, 0) is 45.4 Å². The highest BCUT2D eigenvalue weighted by Gasteiger charge is 2.35. The van der Waals surface area contributed by atoms with E-state index in [1.54, 1.807) is 13.1 Å². The van der Waals surface area contributed by atoms with Gasteiger partial charge in [0.1, 0.15) is 5.69 Å². The molecule has 0 saturated carbocycles. The number of nitrogen functional groups attached to an aromatic ring is 1. The number of anilines is 1. The molecule has 2 rings (SSSR count). The molecule has 2 heterocycles. The summed E-state index contributed by atoms with van der Waals surface area (Å²) >= 11 is 0. The zero-order chi connectivity index (χ0) is 26.3. The molecule has 1 aliphatic rings. The number of aliphatic carboxylic acids is 1. The summed E-state index contributed by atoms with van der Waals surface area (Å²) in [4.78, 5) is 21.5. The fourth-order valence-electron chi connectivity index (χ4n) is 3.23. The number of nitrogens with zero attached hydrogens (tertiary/aromatic N) is 3. The number of aliphatic hydroxyl groups is 1. The quantitative estimate of drug-likeness (QED) is 0.279. The van der Waals surface area contributed by atoms with Crippen molar-refractivity contribution >= 4 is 23.7 Å². The van der Waals surface area contributed by atoms with Crippen LogP contribution in [0.1, 0.15) is 78.8 Å².